The first-order valence-corrected chi connectivity index (χ1v) is 7.91. The van der Waals surface area contributed by atoms with E-state index in [1.54, 1.807) is 0 Å². The minimum atomic E-state index is -0.530. The molecule has 4 heteroatoms. The van der Waals surface area contributed by atoms with Gasteiger partial charge in [0.05, 0.1) is 0 Å². The third-order valence-corrected chi connectivity index (χ3v) is 5.12. The maximum absolute atomic E-state index is 12.8. The number of carbonyl (C=O) groups excluding carboxylic acids is 1. The van der Waals surface area contributed by atoms with Crippen molar-refractivity contribution in [2.24, 2.45) is 16.6 Å². The molecule has 3 atom stereocenters. The topological polar surface area (TPSA) is 46.3 Å². The molecule has 1 saturated carbocycles. The predicted molar refractivity (Wildman–Crippen MR) is 91.9 cm³/mol. The fraction of sp³-hybridized carbons (Fsp3) is 0.611. The highest BCUT2D eigenvalue weighted by Gasteiger charge is 2.51. The number of halogens is 1. The van der Waals surface area contributed by atoms with Crippen LogP contribution in [0.3, 0.4) is 0 Å². The molecule has 1 aromatic carbocycles. The Labute approximate surface area is 139 Å². The summed E-state index contributed by atoms with van der Waals surface area (Å²) in [6, 6.07) is 9.54. The highest BCUT2D eigenvalue weighted by Crippen LogP contribution is 2.52. The lowest BCUT2D eigenvalue weighted by molar-refractivity contribution is -0.133. The van der Waals surface area contributed by atoms with E-state index in [-0.39, 0.29) is 23.7 Å². The van der Waals surface area contributed by atoms with E-state index < -0.39 is 6.04 Å². The number of hydrogen-bond donors (Lipinski definition) is 1. The number of amides is 1. The highest BCUT2D eigenvalue weighted by atomic mass is 35.5. The quantitative estimate of drug-likeness (QED) is 0.905. The molecule has 3 unspecified atom stereocenters. The summed E-state index contributed by atoms with van der Waals surface area (Å²) in [5.74, 6) is 0.0904. The van der Waals surface area contributed by atoms with Crippen LogP contribution >= 0.6 is 12.4 Å². The lowest BCUT2D eigenvalue weighted by Crippen LogP contribution is -2.42. The van der Waals surface area contributed by atoms with E-state index >= 15 is 0 Å². The van der Waals surface area contributed by atoms with Gasteiger partial charge < -0.3 is 10.6 Å². The van der Waals surface area contributed by atoms with Crippen molar-refractivity contribution in [3.8, 4) is 0 Å². The van der Waals surface area contributed by atoms with Crippen molar-refractivity contribution >= 4 is 18.3 Å². The van der Waals surface area contributed by atoms with Crippen LogP contribution in [0.25, 0.3) is 0 Å². The maximum atomic E-state index is 12.8. The van der Waals surface area contributed by atoms with Crippen LogP contribution in [0.4, 0.5) is 0 Å². The Balaban J connectivity index is 0.00000176. The maximum Gasteiger partial charge on any atom is 0.244 e. The Morgan fingerprint density at radius 3 is 2.50 bits per heavy atom. The summed E-state index contributed by atoms with van der Waals surface area (Å²) in [4.78, 5) is 14.9. The summed E-state index contributed by atoms with van der Waals surface area (Å²) in [6.07, 6.45) is 3.42. The molecular formula is C18H27ClN2O. The molecule has 1 aliphatic heterocycles. The van der Waals surface area contributed by atoms with Gasteiger partial charge in [-0.15, -0.1) is 12.4 Å². The highest BCUT2D eigenvalue weighted by molar-refractivity contribution is 5.85. The molecule has 2 N–H and O–H groups in total. The van der Waals surface area contributed by atoms with Crippen molar-refractivity contribution in [3.63, 3.8) is 0 Å². The average Bonchev–Trinajstić information content (AvgIpc) is 2.67. The second kappa shape index (κ2) is 5.86. The first kappa shape index (κ1) is 17.3. The Bertz CT molecular complexity index is 545. The monoisotopic (exact) mass is 322 g/mol. The van der Waals surface area contributed by atoms with Crippen LogP contribution in [0.1, 0.15) is 51.6 Å². The van der Waals surface area contributed by atoms with Crippen LogP contribution < -0.4 is 5.73 Å². The molecule has 122 valence electrons. The number of fused-ring (bicyclic) bond motifs is 2. The van der Waals surface area contributed by atoms with Gasteiger partial charge in [0.1, 0.15) is 6.04 Å². The zero-order chi connectivity index (χ0) is 15.3. The van der Waals surface area contributed by atoms with Crippen LogP contribution in [0, 0.1) is 10.8 Å². The Hall–Kier alpha value is -1.06. The van der Waals surface area contributed by atoms with Crippen molar-refractivity contribution in [3.05, 3.63) is 35.9 Å². The second-order valence-corrected chi connectivity index (χ2v) is 8.07. The molecule has 0 aromatic heterocycles. The summed E-state index contributed by atoms with van der Waals surface area (Å²) >= 11 is 0. The predicted octanol–water partition coefficient (Wildman–Crippen LogP) is 3.54. The number of nitrogens with zero attached hydrogens (tertiary/aromatic N) is 1. The number of carbonyl (C=O) groups is 1. The van der Waals surface area contributed by atoms with Crippen molar-refractivity contribution in [1.82, 2.24) is 4.90 Å². The summed E-state index contributed by atoms with van der Waals surface area (Å²) in [7, 11) is 0. The molecule has 2 fully saturated rings. The molecule has 2 bridgehead atoms. The first-order chi connectivity index (χ1) is 9.80. The fourth-order valence-corrected chi connectivity index (χ4v) is 4.70. The summed E-state index contributed by atoms with van der Waals surface area (Å²) in [6.45, 7) is 7.83. The summed E-state index contributed by atoms with van der Waals surface area (Å²) in [5.41, 5.74) is 7.72. The number of rotatable bonds is 2. The van der Waals surface area contributed by atoms with Gasteiger partial charge in [0.15, 0.2) is 0 Å². The van der Waals surface area contributed by atoms with Gasteiger partial charge in [-0.3, -0.25) is 4.79 Å². The lowest BCUT2D eigenvalue weighted by Gasteiger charge is -2.39. The van der Waals surface area contributed by atoms with E-state index in [2.05, 4.69) is 25.7 Å². The van der Waals surface area contributed by atoms with Gasteiger partial charge in [-0.25, -0.2) is 0 Å². The molecule has 3 rings (SSSR count). The standard InChI is InChI=1S/C18H26N2O.ClH/c1-17(2)9-14-10-18(3,11-17)12-20(14)16(21)15(19)13-7-5-4-6-8-13;/h4-8,14-15H,9-12,19H2,1-3H3;1H. The van der Waals surface area contributed by atoms with Gasteiger partial charge in [-0.1, -0.05) is 51.1 Å². The first-order valence-electron chi connectivity index (χ1n) is 7.91. The van der Waals surface area contributed by atoms with Crippen molar-refractivity contribution in [1.29, 1.82) is 0 Å². The molecule has 1 aliphatic carbocycles. The molecule has 0 spiro atoms. The van der Waals surface area contributed by atoms with E-state index in [4.69, 9.17) is 5.73 Å². The van der Waals surface area contributed by atoms with Gasteiger partial charge in [0.25, 0.3) is 0 Å². The third kappa shape index (κ3) is 3.16. The van der Waals surface area contributed by atoms with Gasteiger partial charge in [0.2, 0.25) is 5.91 Å². The smallest absolute Gasteiger partial charge is 0.244 e. The molecule has 1 amide bonds. The number of likely N-dealkylation sites (tertiary alicyclic amines) is 1. The van der Waals surface area contributed by atoms with Gasteiger partial charge >= 0.3 is 0 Å². The number of hydrogen-bond acceptors (Lipinski definition) is 2. The lowest BCUT2D eigenvalue weighted by atomic mass is 9.65. The van der Waals surface area contributed by atoms with E-state index in [0.29, 0.717) is 11.5 Å². The zero-order valence-corrected chi connectivity index (χ0v) is 14.5. The van der Waals surface area contributed by atoms with Gasteiger partial charge in [-0.05, 0) is 35.7 Å². The molecule has 0 radical (unpaired) electrons. The SMILES string of the molecule is CC1(C)CC2CC(C)(CN2C(=O)C(N)c2ccccc2)C1.Cl. The minimum Gasteiger partial charge on any atom is -0.337 e. The number of nitrogens with two attached hydrogens (primary N) is 1. The van der Waals surface area contributed by atoms with Crippen LogP contribution in [0.2, 0.25) is 0 Å². The van der Waals surface area contributed by atoms with E-state index in [1.807, 2.05) is 30.3 Å². The Morgan fingerprint density at radius 2 is 1.86 bits per heavy atom. The molecule has 2 aliphatic rings. The van der Waals surface area contributed by atoms with Crippen molar-refractivity contribution in [2.45, 2.75) is 52.1 Å². The van der Waals surface area contributed by atoms with Crippen LogP contribution in [0.15, 0.2) is 30.3 Å². The van der Waals surface area contributed by atoms with Crippen LogP contribution in [-0.2, 0) is 4.79 Å². The second-order valence-electron chi connectivity index (χ2n) is 8.07. The average molecular weight is 323 g/mol. The molecule has 3 nitrogen and oxygen atoms in total. The third-order valence-electron chi connectivity index (χ3n) is 5.12. The van der Waals surface area contributed by atoms with Crippen molar-refractivity contribution < 1.29 is 4.79 Å². The molecule has 22 heavy (non-hydrogen) atoms. The number of benzene rings is 1. The summed E-state index contributed by atoms with van der Waals surface area (Å²) in [5, 5.41) is 0. The zero-order valence-electron chi connectivity index (χ0n) is 13.7. The molecule has 1 aromatic rings. The minimum absolute atomic E-state index is 0. The molecule has 1 saturated heterocycles. The largest absolute Gasteiger partial charge is 0.337 e. The van der Waals surface area contributed by atoms with Gasteiger partial charge in [0, 0.05) is 12.6 Å². The Kier molecular flexibility index (Phi) is 4.61. The molecule has 1 heterocycles. The Morgan fingerprint density at radius 1 is 1.23 bits per heavy atom. The fourth-order valence-electron chi connectivity index (χ4n) is 4.70. The van der Waals surface area contributed by atoms with E-state index in [9.17, 15) is 4.79 Å². The summed E-state index contributed by atoms with van der Waals surface area (Å²) < 4.78 is 0. The molecular weight excluding hydrogens is 296 g/mol. The van der Waals surface area contributed by atoms with Crippen molar-refractivity contribution in [2.75, 3.05) is 6.54 Å². The van der Waals surface area contributed by atoms with E-state index in [0.717, 1.165) is 24.9 Å². The van der Waals surface area contributed by atoms with Crippen LogP contribution in [0.5, 0.6) is 0 Å². The van der Waals surface area contributed by atoms with Crippen LogP contribution in [-0.4, -0.2) is 23.4 Å². The van der Waals surface area contributed by atoms with Gasteiger partial charge in [-0.2, -0.15) is 0 Å². The van der Waals surface area contributed by atoms with E-state index in [1.165, 1.54) is 6.42 Å². The normalized spacial score (nSPS) is 30.5.